The van der Waals surface area contributed by atoms with Gasteiger partial charge in [-0.25, -0.2) is 0 Å². The van der Waals surface area contributed by atoms with Crippen molar-refractivity contribution in [1.29, 1.82) is 0 Å². The SMILES string of the molecule is C=C(Cl)CN1CCN(CC(C)C)CC1. The Kier molecular flexibility index (Phi) is 4.93. The zero-order chi connectivity index (χ0) is 10.6. The van der Waals surface area contributed by atoms with E-state index in [-0.39, 0.29) is 0 Å². The van der Waals surface area contributed by atoms with Crippen molar-refractivity contribution in [3.63, 3.8) is 0 Å². The van der Waals surface area contributed by atoms with Crippen molar-refractivity contribution in [2.45, 2.75) is 13.8 Å². The van der Waals surface area contributed by atoms with E-state index < -0.39 is 0 Å². The van der Waals surface area contributed by atoms with Gasteiger partial charge in [-0.05, 0) is 5.92 Å². The van der Waals surface area contributed by atoms with Crippen LogP contribution in [0.3, 0.4) is 0 Å². The molecule has 3 heteroatoms. The highest BCUT2D eigenvalue weighted by Gasteiger charge is 2.17. The van der Waals surface area contributed by atoms with Crippen LogP contribution < -0.4 is 0 Å². The van der Waals surface area contributed by atoms with E-state index in [4.69, 9.17) is 11.6 Å². The van der Waals surface area contributed by atoms with Gasteiger partial charge >= 0.3 is 0 Å². The van der Waals surface area contributed by atoms with Gasteiger partial charge in [0, 0.05) is 44.3 Å². The van der Waals surface area contributed by atoms with Crippen molar-refractivity contribution >= 4 is 11.6 Å². The van der Waals surface area contributed by atoms with Gasteiger partial charge in [-0.3, -0.25) is 4.90 Å². The molecule has 1 heterocycles. The Bertz CT molecular complexity index is 184. The largest absolute Gasteiger partial charge is 0.301 e. The number of hydrogen-bond donors (Lipinski definition) is 0. The summed E-state index contributed by atoms with van der Waals surface area (Å²) in [6.07, 6.45) is 0. The fourth-order valence-electron chi connectivity index (χ4n) is 1.89. The molecule has 0 spiro atoms. The standard InChI is InChI=1S/C11H21ClN2/c1-10(2)8-13-4-6-14(7-5-13)9-11(3)12/h10H,3-9H2,1-2H3. The van der Waals surface area contributed by atoms with Crippen LogP contribution in [0.4, 0.5) is 0 Å². The van der Waals surface area contributed by atoms with E-state index in [9.17, 15) is 0 Å². The molecule has 82 valence electrons. The van der Waals surface area contributed by atoms with Gasteiger partial charge in [-0.2, -0.15) is 0 Å². The van der Waals surface area contributed by atoms with E-state index in [0.29, 0.717) is 0 Å². The Labute approximate surface area is 92.5 Å². The second kappa shape index (κ2) is 5.74. The van der Waals surface area contributed by atoms with Crippen molar-refractivity contribution in [2.24, 2.45) is 5.92 Å². The fraction of sp³-hybridized carbons (Fsp3) is 0.818. The lowest BCUT2D eigenvalue weighted by Crippen LogP contribution is -2.47. The van der Waals surface area contributed by atoms with Gasteiger partial charge in [-0.15, -0.1) is 0 Å². The maximum Gasteiger partial charge on any atom is 0.0336 e. The van der Waals surface area contributed by atoms with Crippen molar-refractivity contribution < 1.29 is 0 Å². The number of hydrogen-bond acceptors (Lipinski definition) is 2. The Morgan fingerprint density at radius 2 is 1.71 bits per heavy atom. The number of piperazine rings is 1. The maximum absolute atomic E-state index is 5.78. The average Bonchev–Trinajstić information content (AvgIpc) is 2.06. The van der Waals surface area contributed by atoms with Gasteiger partial charge < -0.3 is 4.90 Å². The third-order valence-corrected chi connectivity index (χ3v) is 2.60. The molecule has 0 amide bonds. The van der Waals surface area contributed by atoms with Crippen LogP contribution in [0.1, 0.15) is 13.8 Å². The Morgan fingerprint density at radius 1 is 1.21 bits per heavy atom. The first-order chi connectivity index (χ1) is 6.58. The third kappa shape index (κ3) is 4.45. The maximum atomic E-state index is 5.78. The zero-order valence-corrected chi connectivity index (χ0v) is 10.1. The molecule has 2 nitrogen and oxygen atoms in total. The second-order valence-electron chi connectivity index (χ2n) is 4.49. The molecule has 0 radical (unpaired) electrons. The quantitative estimate of drug-likeness (QED) is 0.710. The number of halogens is 1. The lowest BCUT2D eigenvalue weighted by Gasteiger charge is -2.35. The van der Waals surface area contributed by atoms with E-state index in [1.54, 1.807) is 0 Å². The van der Waals surface area contributed by atoms with Crippen molar-refractivity contribution in [3.8, 4) is 0 Å². The first kappa shape index (κ1) is 12.0. The predicted octanol–water partition coefficient (Wildman–Crippen LogP) is 2.01. The smallest absolute Gasteiger partial charge is 0.0336 e. The topological polar surface area (TPSA) is 6.48 Å². The van der Waals surface area contributed by atoms with Crippen LogP contribution >= 0.6 is 11.6 Å². The van der Waals surface area contributed by atoms with E-state index >= 15 is 0 Å². The van der Waals surface area contributed by atoms with E-state index in [1.165, 1.54) is 19.6 Å². The highest BCUT2D eigenvalue weighted by Crippen LogP contribution is 2.08. The van der Waals surface area contributed by atoms with Gasteiger partial charge in [0.25, 0.3) is 0 Å². The highest BCUT2D eigenvalue weighted by atomic mass is 35.5. The molecule has 1 fully saturated rings. The predicted molar refractivity (Wildman–Crippen MR) is 62.7 cm³/mol. The molecule has 0 bridgehead atoms. The third-order valence-electron chi connectivity index (χ3n) is 2.48. The molecule has 14 heavy (non-hydrogen) atoms. The summed E-state index contributed by atoms with van der Waals surface area (Å²) in [4.78, 5) is 4.89. The first-order valence-corrected chi connectivity index (χ1v) is 5.73. The van der Waals surface area contributed by atoms with Crippen LogP contribution in [-0.2, 0) is 0 Å². The van der Waals surface area contributed by atoms with Crippen LogP contribution in [-0.4, -0.2) is 49.1 Å². The van der Waals surface area contributed by atoms with Crippen LogP contribution in [0.25, 0.3) is 0 Å². The highest BCUT2D eigenvalue weighted by molar-refractivity contribution is 6.29. The summed E-state index contributed by atoms with van der Waals surface area (Å²) in [5.74, 6) is 0.768. The van der Waals surface area contributed by atoms with Gasteiger partial charge in [0.05, 0.1) is 0 Å². The van der Waals surface area contributed by atoms with Crippen molar-refractivity contribution in [3.05, 3.63) is 11.6 Å². The summed E-state index contributed by atoms with van der Waals surface area (Å²) in [7, 11) is 0. The van der Waals surface area contributed by atoms with Crippen molar-refractivity contribution in [2.75, 3.05) is 39.3 Å². The minimum atomic E-state index is 0.752. The van der Waals surface area contributed by atoms with Crippen LogP contribution in [0.2, 0.25) is 0 Å². The minimum Gasteiger partial charge on any atom is -0.301 e. The molecule has 0 unspecified atom stereocenters. The summed E-state index contributed by atoms with van der Waals surface area (Å²) in [5, 5.41) is 0.752. The molecule has 0 N–H and O–H groups in total. The van der Waals surface area contributed by atoms with E-state index in [0.717, 1.165) is 30.6 Å². The van der Waals surface area contributed by atoms with Gasteiger partial charge in [0.15, 0.2) is 0 Å². The summed E-state index contributed by atoms with van der Waals surface area (Å²) in [5.41, 5.74) is 0. The molecular formula is C11H21ClN2. The molecular weight excluding hydrogens is 196 g/mol. The van der Waals surface area contributed by atoms with Gasteiger partial charge in [-0.1, -0.05) is 32.0 Å². The molecule has 1 aliphatic rings. The van der Waals surface area contributed by atoms with E-state index in [2.05, 4.69) is 30.2 Å². The molecule has 0 atom stereocenters. The molecule has 1 saturated heterocycles. The molecule has 0 aromatic carbocycles. The molecule has 1 aliphatic heterocycles. The Balaban J connectivity index is 2.21. The lowest BCUT2D eigenvalue weighted by molar-refractivity contribution is 0.131. The van der Waals surface area contributed by atoms with E-state index in [1.807, 2.05) is 0 Å². The fourth-order valence-corrected chi connectivity index (χ4v) is 2.06. The summed E-state index contributed by atoms with van der Waals surface area (Å²) in [6, 6.07) is 0. The molecule has 0 aromatic rings. The summed E-state index contributed by atoms with van der Waals surface area (Å²) < 4.78 is 0. The number of rotatable bonds is 4. The second-order valence-corrected chi connectivity index (χ2v) is 5.02. The summed E-state index contributed by atoms with van der Waals surface area (Å²) in [6.45, 7) is 14.9. The van der Waals surface area contributed by atoms with Gasteiger partial charge in [0.2, 0.25) is 0 Å². The van der Waals surface area contributed by atoms with Crippen LogP contribution in [0, 0.1) is 5.92 Å². The normalized spacial score (nSPS) is 20.3. The first-order valence-electron chi connectivity index (χ1n) is 5.36. The molecule has 1 rings (SSSR count). The lowest BCUT2D eigenvalue weighted by atomic mass is 10.2. The zero-order valence-electron chi connectivity index (χ0n) is 9.30. The Morgan fingerprint density at radius 3 is 2.14 bits per heavy atom. The van der Waals surface area contributed by atoms with Crippen LogP contribution in [0.15, 0.2) is 11.6 Å². The average molecular weight is 217 g/mol. The number of nitrogens with zero attached hydrogens (tertiary/aromatic N) is 2. The molecule has 0 aliphatic carbocycles. The molecule has 0 saturated carbocycles. The minimum absolute atomic E-state index is 0.752. The van der Waals surface area contributed by atoms with Gasteiger partial charge in [0.1, 0.15) is 0 Å². The Hall–Kier alpha value is -0.0500. The summed E-state index contributed by atoms with van der Waals surface area (Å²) >= 11 is 5.78. The molecule has 0 aromatic heterocycles. The van der Waals surface area contributed by atoms with Crippen LogP contribution in [0.5, 0.6) is 0 Å². The van der Waals surface area contributed by atoms with Crippen molar-refractivity contribution in [1.82, 2.24) is 9.80 Å². The monoisotopic (exact) mass is 216 g/mol.